The molecule has 1 aromatic carbocycles. The van der Waals surface area contributed by atoms with Gasteiger partial charge in [-0.05, 0) is 19.1 Å². The minimum Gasteiger partial charge on any atom is -0.444 e. The summed E-state index contributed by atoms with van der Waals surface area (Å²) in [7, 11) is 1.80. The standard InChI is InChI=1S/C15H14N4O2/c1-10-13(7-17-19(10)2)15(20)18-12-5-3-4-11(6-12)14-8-16-9-21-14/h3-9H,1-2H3,(H,18,20). The van der Waals surface area contributed by atoms with Gasteiger partial charge in [0.15, 0.2) is 12.2 Å². The largest absolute Gasteiger partial charge is 0.444 e. The van der Waals surface area contributed by atoms with Crippen LogP contribution >= 0.6 is 0 Å². The van der Waals surface area contributed by atoms with Crippen LogP contribution in [0.1, 0.15) is 16.1 Å². The molecule has 0 unspecified atom stereocenters. The maximum absolute atomic E-state index is 12.2. The van der Waals surface area contributed by atoms with Gasteiger partial charge in [-0.2, -0.15) is 5.10 Å². The van der Waals surface area contributed by atoms with Gasteiger partial charge in [-0.25, -0.2) is 4.98 Å². The number of carbonyl (C=O) groups is 1. The van der Waals surface area contributed by atoms with Crippen LogP contribution in [0.5, 0.6) is 0 Å². The van der Waals surface area contributed by atoms with Gasteiger partial charge in [-0.3, -0.25) is 9.48 Å². The third kappa shape index (κ3) is 2.55. The van der Waals surface area contributed by atoms with Gasteiger partial charge in [0.05, 0.1) is 18.0 Å². The fraction of sp³-hybridized carbons (Fsp3) is 0.133. The van der Waals surface area contributed by atoms with E-state index in [4.69, 9.17) is 4.42 Å². The molecular weight excluding hydrogens is 268 g/mol. The van der Waals surface area contributed by atoms with Crippen LogP contribution in [0.3, 0.4) is 0 Å². The summed E-state index contributed by atoms with van der Waals surface area (Å²) in [5, 5.41) is 6.93. The number of oxazole rings is 1. The Morgan fingerprint density at radius 2 is 2.19 bits per heavy atom. The normalized spacial score (nSPS) is 10.6. The zero-order chi connectivity index (χ0) is 14.8. The maximum atomic E-state index is 12.2. The highest BCUT2D eigenvalue weighted by Gasteiger charge is 2.13. The molecule has 3 aromatic rings. The Morgan fingerprint density at radius 1 is 1.33 bits per heavy atom. The number of aromatic nitrogens is 3. The Balaban J connectivity index is 1.84. The first-order valence-corrected chi connectivity index (χ1v) is 6.44. The molecule has 0 radical (unpaired) electrons. The van der Waals surface area contributed by atoms with Gasteiger partial charge in [-0.1, -0.05) is 12.1 Å². The summed E-state index contributed by atoms with van der Waals surface area (Å²) in [6.07, 6.45) is 4.57. The molecule has 0 saturated carbocycles. The average molecular weight is 282 g/mol. The van der Waals surface area contributed by atoms with Crippen molar-refractivity contribution in [2.24, 2.45) is 7.05 Å². The van der Waals surface area contributed by atoms with E-state index in [0.29, 0.717) is 17.0 Å². The molecule has 0 aliphatic carbocycles. The van der Waals surface area contributed by atoms with Crippen molar-refractivity contribution in [1.29, 1.82) is 0 Å². The van der Waals surface area contributed by atoms with Crippen molar-refractivity contribution >= 4 is 11.6 Å². The fourth-order valence-electron chi connectivity index (χ4n) is 2.03. The Bertz CT molecular complexity index is 775. The van der Waals surface area contributed by atoms with E-state index >= 15 is 0 Å². The number of nitrogens with zero attached hydrogens (tertiary/aromatic N) is 3. The van der Waals surface area contributed by atoms with E-state index in [1.807, 2.05) is 31.2 Å². The number of amides is 1. The minimum atomic E-state index is -0.185. The highest BCUT2D eigenvalue weighted by atomic mass is 16.3. The van der Waals surface area contributed by atoms with Crippen LogP contribution in [-0.4, -0.2) is 20.7 Å². The molecule has 0 atom stereocenters. The first-order valence-electron chi connectivity index (χ1n) is 6.44. The maximum Gasteiger partial charge on any atom is 0.259 e. The molecule has 6 heteroatoms. The second-order valence-corrected chi connectivity index (χ2v) is 4.67. The second-order valence-electron chi connectivity index (χ2n) is 4.67. The summed E-state index contributed by atoms with van der Waals surface area (Å²) in [4.78, 5) is 16.1. The van der Waals surface area contributed by atoms with Crippen molar-refractivity contribution in [3.63, 3.8) is 0 Å². The van der Waals surface area contributed by atoms with Gasteiger partial charge in [-0.15, -0.1) is 0 Å². The first kappa shape index (κ1) is 13.1. The second kappa shape index (κ2) is 5.24. The van der Waals surface area contributed by atoms with Crippen molar-refractivity contribution in [3.05, 3.63) is 54.3 Å². The summed E-state index contributed by atoms with van der Waals surface area (Å²) >= 11 is 0. The van der Waals surface area contributed by atoms with Crippen LogP contribution < -0.4 is 5.32 Å². The molecule has 1 amide bonds. The molecule has 106 valence electrons. The number of benzene rings is 1. The van der Waals surface area contributed by atoms with Crippen LogP contribution in [0, 0.1) is 6.92 Å². The summed E-state index contributed by atoms with van der Waals surface area (Å²) < 4.78 is 6.92. The summed E-state index contributed by atoms with van der Waals surface area (Å²) in [6, 6.07) is 7.41. The number of hydrogen-bond acceptors (Lipinski definition) is 4. The fourth-order valence-corrected chi connectivity index (χ4v) is 2.03. The van der Waals surface area contributed by atoms with Crippen molar-refractivity contribution < 1.29 is 9.21 Å². The third-order valence-electron chi connectivity index (χ3n) is 3.32. The smallest absolute Gasteiger partial charge is 0.259 e. The lowest BCUT2D eigenvalue weighted by atomic mass is 10.1. The van der Waals surface area contributed by atoms with E-state index in [1.54, 1.807) is 24.1 Å². The molecular formula is C15H14N4O2. The average Bonchev–Trinajstić information content (AvgIpc) is 3.11. The number of nitrogens with one attached hydrogen (secondary N) is 1. The lowest BCUT2D eigenvalue weighted by Crippen LogP contribution is -2.12. The lowest BCUT2D eigenvalue weighted by Gasteiger charge is -2.06. The summed E-state index contributed by atoms with van der Waals surface area (Å²) in [6.45, 7) is 1.85. The first-order chi connectivity index (χ1) is 10.1. The zero-order valence-corrected chi connectivity index (χ0v) is 11.7. The SMILES string of the molecule is Cc1c(C(=O)Nc2cccc(-c3cnco3)c2)cnn1C. The van der Waals surface area contributed by atoms with Crippen LogP contribution in [0.25, 0.3) is 11.3 Å². The molecule has 0 aliphatic heterocycles. The van der Waals surface area contributed by atoms with Crippen molar-refractivity contribution in [2.75, 3.05) is 5.32 Å². The van der Waals surface area contributed by atoms with Gasteiger partial charge in [0, 0.05) is 24.0 Å². The quantitative estimate of drug-likeness (QED) is 0.801. The minimum absolute atomic E-state index is 0.185. The Morgan fingerprint density at radius 3 is 2.86 bits per heavy atom. The van der Waals surface area contributed by atoms with Gasteiger partial charge in [0.2, 0.25) is 0 Å². The molecule has 0 fully saturated rings. The number of hydrogen-bond donors (Lipinski definition) is 1. The molecule has 2 aromatic heterocycles. The number of aryl methyl sites for hydroxylation is 1. The Kier molecular flexibility index (Phi) is 3.27. The van der Waals surface area contributed by atoms with Gasteiger partial charge in [0.25, 0.3) is 5.91 Å². The Hall–Kier alpha value is -2.89. The van der Waals surface area contributed by atoms with Crippen LogP contribution in [0.2, 0.25) is 0 Å². The molecule has 0 aliphatic rings. The summed E-state index contributed by atoms with van der Waals surface area (Å²) in [5.74, 6) is 0.471. The topological polar surface area (TPSA) is 73.0 Å². The van der Waals surface area contributed by atoms with Crippen molar-refractivity contribution in [2.45, 2.75) is 6.92 Å². The van der Waals surface area contributed by atoms with Gasteiger partial charge >= 0.3 is 0 Å². The van der Waals surface area contributed by atoms with Crippen LogP contribution in [0.4, 0.5) is 5.69 Å². The molecule has 2 heterocycles. The number of rotatable bonds is 3. The van der Waals surface area contributed by atoms with Crippen molar-refractivity contribution in [3.8, 4) is 11.3 Å². The van der Waals surface area contributed by atoms with E-state index in [9.17, 15) is 4.79 Å². The molecule has 6 nitrogen and oxygen atoms in total. The van der Waals surface area contributed by atoms with E-state index in [2.05, 4.69) is 15.4 Å². The predicted molar refractivity (Wildman–Crippen MR) is 77.8 cm³/mol. The zero-order valence-electron chi connectivity index (χ0n) is 11.7. The summed E-state index contributed by atoms with van der Waals surface area (Å²) in [5.41, 5.74) is 2.92. The predicted octanol–water partition coefficient (Wildman–Crippen LogP) is 2.64. The van der Waals surface area contributed by atoms with Crippen molar-refractivity contribution in [1.82, 2.24) is 14.8 Å². The van der Waals surface area contributed by atoms with E-state index in [-0.39, 0.29) is 5.91 Å². The molecule has 21 heavy (non-hydrogen) atoms. The highest BCUT2D eigenvalue weighted by Crippen LogP contribution is 2.22. The van der Waals surface area contributed by atoms with E-state index in [1.165, 1.54) is 6.39 Å². The molecule has 0 bridgehead atoms. The number of anilines is 1. The monoisotopic (exact) mass is 282 g/mol. The van der Waals surface area contributed by atoms with Crippen LogP contribution in [0.15, 0.2) is 47.5 Å². The molecule has 3 rings (SSSR count). The molecule has 0 spiro atoms. The van der Waals surface area contributed by atoms with E-state index in [0.717, 1.165) is 11.3 Å². The molecule has 0 saturated heterocycles. The Labute approximate surface area is 121 Å². The van der Waals surface area contributed by atoms with Gasteiger partial charge < -0.3 is 9.73 Å². The van der Waals surface area contributed by atoms with Crippen LogP contribution in [-0.2, 0) is 7.05 Å². The van der Waals surface area contributed by atoms with Gasteiger partial charge in [0.1, 0.15) is 0 Å². The molecule has 1 N–H and O–H groups in total. The highest BCUT2D eigenvalue weighted by molar-refractivity contribution is 6.05. The van der Waals surface area contributed by atoms with E-state index < -0.39 is 0 Å². The third-order valence-corrected chi connectivity index (χ3v) is 3.32. The lowest BCUT2D eigenvalue weighted by molar-refractivity contribution is 0.102. The number of carbonyl (C=O) groups excluding carboxylic acids is 1.